The van der Waals surface area contributed by atoms with Gasteiger partial charge in [0.15, 0.2) is 5.54 Å². The molecule has 0 radical (unpaired) electrons. The summed E-state index contributed by atoms with van der Waals surface area (Å²) in [6.45, 7) is -0.342. The third-order valence-corrected chi connectivity index (χ3v) is 6.44. The largest absolute Gasteiger partial charge is 0.325 e. The lowest BCUT2D eigenvalue weighted by atomic mass is 9.83. The van der Waals surface area contributed by atoms with Crippen LogP contribution in [0.2, 0.25) is 0 Å². The summed E-state index contributed by atoms with van der Waals surface area (Å²) in [6, 6.07) is 24.1. The first kappa shape index (κ1) is 20.9. The highest BCUT2D eigenvalue weighted by molar-refractivity contribution is 6.10. The summed E-state index contributed by atoms with van der Waals surface area (Å²) in [5, 5.41) is 5.74. The van der Waals surface area contributed by atoms with Gasteiger partial charge in [-0.3, -0.25) is 14.5 Å². The standard InChI is InChI=1S/C27H25N3O3/c31-24(28-23-15-14-20-10-7-11-21(20)16-23)18-30-25(32)27(29-26(30)33,22-12-5-2-6-13-22)17-19-8-3-1-4-9-19/h1-6,8-9,12-16H,7,10-11,17-18H2,(H,28,31)(H,29,33)/t27-/m0/s1. The molecule has 0 spiro atoms. The van der Waals surface area contributed by atoms with E-state index in [1.807, 2.05) is 78.9 Å². The van der Waals surface area contributed by atoms with Crippen molar-refractivity contribution in [3.63, 3.8) is 0 Å². The SMILES string of the molecule is O=C(CN1C(=O)N[C@@](Cc2ccccc2)(c2ccccc2)C1=O)Nc1ccc2c(c1)CCC2. The zero-order chi connectivity index (χ0) is 22.8. The fourth-order valence-electron chi connectivity index (χ4n) is 4.81. The number of aryl methyl sites for hydroxylation is 2. The molecule has 4 amide bonds. The minimum absolute atomic E-state index is 0.297. The molecule has 0 unspecified atom stereocenters. The molecule has 33 heavy (non-hydrogen) atoms. The van der Waals surface area contributed by atoms with E-state index in [2.05, 4.69) is 10.6 Å². The fourth-order valence-corrected chi connectivity index (χ4v) is 4.81. The van der Waals surface area contributed by atoms with Crippen molar-refractivity contribution < 1.29 is 14.4 Å². The van der Waals surface area contributed by atoms with Gasteiger partial charge in [0.1, 0.15) is 6.54 Å². The number of nitrogens with zero attached hydrogens (tertiary/aromatic N) is 1. The Kier molecular flexibility index (Phi) is 5.42. The van der Waals surface area contributed by atoms with Crippen molar-refractivity contribution >= 4 is 23.5 Å². The van der Waals surface area contributed by atoms with E-state index in [1.54, 1.807) is 0 Å². The lowest BCUT2D eigenvalue weighted by Crippen LogP contribution is -2.46. The summed E-state index contributed by atoms with van der Waals surface area (Å²) in [7, 11) is 0. The van der Waals surface area contributed by atoms with E-state index < -0.39 is 23.4 Å². The van der Waals surface area contributed by atoms with Crippen molar-refractivity contribution in [2.24, 2.45) is 0 Å². The van der Waals surface area contributed by atoms with E-state index in [4.69, 9.17) is 0 Å². The van der Waals surface area contributed by atoms with E-state index in [0.29, 0.717) is 17.7 Å². The van der Waals surface area contributed by atoms with Gasteiger partial charge in [0.25, 0.3) is 5.91 Å². The van der Waals surface area contributed by atoms with Crippen molar-refractivity contribution in [2.75, 3.05) is 11.9 Å². The topological polar surface area (TPSA) is 78.5 Å². The minimum atomic E-state index is -1.26. The van der Waals surface area contributed by atoms with Crippen LogP contribution in [0.1, 0.15) is 28.7 Å². The number of nitrogens with one attached hydrogen (secondary N) is 2. The van der Waals surface area contributed by atoms with Crippen LogP contribution in [-0.4, -0.2) is 29.3 Å². The summed E-state index contributed by atoms with van der Waals surface area (Å²) in [6.07, 6.45) is 3.49. The molecule has 1 heterocycles. The van der Waals surface area contributed by atoms with Crippen molar-refractivity contribution in [1.82, 2.24) is 10.2 Å². The second-order valence-electron chi connectivity index (χ2n) is 8.64. The monoisotopic (exact) mass is 439 g/mol. The maximum atomic E-state index is 13.6. The van der Waals surface area contributed by atoms with Crippen molar-refractivity contribution in [2.45, 2.75) is 31.2 Å². The molecule has 1 aliphatic carbocycles. The minimum Gasteiger partial charge on any atom is -0.325 e. The number of rotatable bonds is 6. The lowest BCUT2D eigenvalue weighted by Gasteiger charge is -2.27. The average molecular weight is 440 g/mol. The van der Waals surface area contributed by atoms with Gasteiger partial charge in [-0.2, -0.15) is 0 Å². The van der Waals surface area contributed by atoms with Crippen LogP contribution in [0, 0.1) is 0 Å². The Hall–Kier alpha value is -3.93. The lowest BCUT2D eigenvalue weighted by molar-refractivity contribution is -0.134. The van der Waals surface area contributed by atoms with Gasteiger partial charge >= 0.3 is 6.03 Å². The second kappa shape index (κ2) is 8.54. The summed E-state index contributed by atoms with van der Waals surface area (Å²) in [5.41, 5.74) is 3.59. The first-order chi connectivity index (χ1) is 16.0. The van der Waals surface area contributed by atoms with E-state index in [0.717, 1.165) is 29.7 Å². The zero-order valence-electron chi connectivity index (χ0n) is 18.2. The first-order valence-corrected chi connectivity index (χ1v) is 11.2. The van der Waals surface area contributed by atoms with Gasteiger partial charge in [0.05, 0.1) is 0 Å². The number of carbonyl (C=O) groups excluding carboxylic acids is 3. The smallest absolute Gasteiger partial charge is 0.325 e. The molecule has 2 N–H and O–H groups in total. The molecule has 5 rings (SSSR count). The molecule has 3 aromatic rings. The number of anilines is 1. The van der Waals surface area contributed by atoms with Crippen LogP contribution >= 0.6 is 0 Å². The summed E-state index contributed by atoms with van der Waals surface area (Å²) < 4.78 is 0. The van der Waals surface area contributed by atoms with Crippen molar-refractivity contribution in [3.05, 3.63) is 101 Å². The quantitative estimate of drug-likeness (QED) is 0.574. The Morgan fingerprint density at radius 2 is 1.61 bits per heavy atom. The highest BCUT2D eigenvalue weighted by Crippen LogP contribution is 2.33. The molecule has 2 aliphatic rings. The average Bonchev–Trinajstić information content (AvgIpc) is 3.39. The molecule has 0 bridgehead atoms. The zero-order valence-corrected chi connectivity index (χ0v) is 18.2. The van der Waals surface area contributed by atoms with Gasteiger partial charge in [-0.05, 0) is 53.6 Å². The van der Waals surface area contributed by atoms with Gasteiger partial charge in [-0.15, -0.1) is 0 Å². The van der Waals surface area contributed by atoms with Crippen LogP contribution in [0.15, 0.2) is 78.9 Å². The molecule has 0 aromatic heterocycles. The predicted octanol–water partition coefficient (Wildman–Crippen LogP) is 3.80. The molecule has 6 heteroatoms. The van der Waals surface area contributed by atoms with Crippen LogP contribution in [0.5, 0.6) is 0 Å². The number of hydrogen-bond donors (Lipinski definition) is 2. The Balaban J connectivity index is 1.38. The van der Waals surface area contributed by atoms with E-state index in [1.165, 1.54) is 11.1 Å². The molecular formula is C27H25N3O3. The molecule has 6 nitrogen and oxygen atoms in total. The highest BCUT2D eigenvalue weighted by atomic mass is 16.2. The van der Waals surface area contributed by atoms with Gasteiger partial charge in [0, 0.05) is 12.1 Å². The van der Waals surface area contributed by atoms with Gasteiger partial charge in [-0.1, -0.05) is 66.7 Å². The Morgan fingerprint density at radius 1 is 0.909 bits per heavy atom. The molecule has 1 saturated heterocycles. The van der Waals surface area contributed by atoms with Crippen LogP contribution in [0.25, 0.3) is 0 Å². The summed E-state index contributed by atoms with van der Waals surface area (Å²) >= 11 is 0. The molecule has 0 saturated carbocycles. The fraction of sp³-hybridized carbons (Fsp3) is 0.222. The predicted molar refractivity (Wildman–Crippen MR) is 126 cm³/mol. The molecular weight excluding hydrogens is 414 g/mol. The van der Waals surface area contributed by atoms with Crippen LogP contribution in [0.4, 0.5) is 10.5 Å². The number of amides is 4. The molecule has 1 aliphatic heterocycles. The highest BCUT2D eigenvalue weighted by Gasteiger charge is 2.52. The third-order valence-electron chi connectivity index (χ3n) is 6.44. The normalized spacial score (nSPS) is 19.3. The number of urea groups is 1. The summed E-state index contributed by atoms with van der Waals surface area (Å²) in [4.78, 5) is 40.4. The number of benzene rings is 3. The number of imide groups is 1. The maximum Gasteiger partial charge on any atom is 0.325 e. The molecule has 166 valence electrons. The van der Waals surface area contributed by atoms with E-state index in [9.17, 15) is 14.4 Å². The Labute approximate surface area is 192 Å². The van der Waals surface area contributed by atoms with Crippen LogP contribution in [-0.2, 0) is 34.4 Å². The third kappa shape index (κ3) is 4.00. The Morgan fingerprint density at radius 3 is 2.36 bits per heavy atom. The van der Waals surface area contributed by atoms with E-state index >= 15 is 0 Å². The maximum absolute atomic E-state index is 13.6. The number of hydrogen-bond acceptors (Lipinski definition) is 3. The van der Waals surface area contributed by atoms with Gasteiger partial charge < -0.3 is 10.6 Å². The number of carbonyl (C=O) groups is 3. The Bertz CT molecular complexity index is 1210. The van der Waals surface area contributed by atoms with Crippen LogP contribution < -0.4 is 10.6 Å². The van der Waals surface area contributed by atoms with Crippen molar-refractivity contribution in [1.29, 1.82) is 0 Å². The van der Waals surface area contributed by atoms with Gasteiger partial charge in [0.2, 0.25) is 5.91 Å². The first-order valence-electron chi connectivity index (χ1n) is 11.2. The molecule has 1 atom stereocenters. The summed E-state index contributed by atoms with van der Waals surface area (Å²) in [5.74, 6) is -0.827. The van der Waals surface area contributed by atoms with E-state index in [-0.39, 0.29) is 6.54 Å². The second-order valence-corrected chi connectivity index (χ2v) is 8.64. The van der Waals surface area contributed by atoms with Crippen LogP contribution in [0.3, 0.4) is 0 Å². The molecule has 1 fully saturated rings. The number of fused-ring (bicyclic) bond motifs is 1. The van der Waals surface area contributed by atoms with Gasteiger partial charge in [-0.25, -0.2) is 4.79 Å². The van der Waals surface area contributed by atoms with Crippen molar-refractivity contribution in [3.8, 4) is 0 Å². The molecule has 3 aromatic carbocycles.